The lowest BCUT2D eigenvalue weighted by atomic mass is 10.1. The van der Waals surface area contributed by atoms with Gasteiger partial charge in [-0.3, -0.25) is 4.79 Å². The van der Waals surface area contributed by atoms with Crippen LogP contribution in [0, 0.1) is 0 Å². The third-order valence-electron chi connectivity index (χ3n) is 2.67. The predicted octanol–water partition coefficient (Wildman–Crippen LogP) is 3.48. The first-order valence-corrected chi connectivity index (χ1v) is 7.33. The Labute approximate surface area is 130 Å². The van der Waals surface area contributed by atoms with Crippen LogP contribution in [-0.2, 0) is 4.84 Å². The topological polar surface area (TPSA) is 55.7 Å². The van der Waals surface area contributed by atoms with E-state index in [0.29, 0.717) is 11.1 Å². The highest BCUT2D eigenvalue weighted by molar-refractivity contribution is 9.09. The maximum absolute atomic E-state index is 12.2. The summed E-state index contributed by atoms with van der Waals surface area (Å²) in [5.41, 5.74) is 0.999. The zero-order chi connectivity index (χ0) is 15.1. The lowest BCUT2D eigenvalue weighted by molar-refractivity contribution is 0.0515. The van der Waals surface area contributed by atoms with E-state index in [0.717, 1.165) is 0 Å². The zero-order valence-electron chi connectivity index (χ0n) is 11.0. The number of hydrogen-bond donors (Lipinski definition) is 0. The molecule has 0 heterocycles. The van der Waals surface area contributed by atoms with Crippen molar-refractivity contribution in [1.82, 2.24) is 0 Å². The number of alkyl halides is 1. The lowest BCUT2D eigenvalue weighted by Gasteiger charge is -2.02. The summed E-state index contributed by atoms with van der Waals surface area (Å²) in [4.78, 5) is 28.8. The molecule has 0 atom stereocenters. The van der Waals surface area contributed by atoms with Gasteiger partial charge >= 0.3 is 5.97 Å². The molecule has 0 unspecified atom stereocenters. The summed E-state index contributed by atoms with van der Waals surface area (Å²) in [7, 11) is 0. The predicted molar refractivity (Wildman–Crippen MR) is 83.9 cm³/mol. The molecule has 0 aromatic heterocycles. The molecule has 0 N–H and O–H groups in total. The molecule has 2 aromatic carbocycles. The van der Waals surface area contributed by atoms with E-state index in [1.165, 1.54) is 0 Å². The van der Waals surface area contributed by atoms with Crippen molar-refractivity contribution in [2.75, 3.05) is 5.33 Å². The number of nitrogens with zero attached hydrogens (tertiary/aromatic N) is 1. The van der Waals surface area contributed by atoms with Crippen LogP contribution in [-0.4, -0.2) is 22.8 Å². The van der Waals surface area contributed by atoms with Crippen LogP contribution in [0.2, 0.25) is 0 Å². The number of oxime groups is 1. The molecule has 0 fully saturated rings. The van der Waals surface area contributed by atoms with Gasteiger partial charge in [-0.05, 0) is 12.1 Å². The van der Waals surface area contributed by atoms with Gasteiger partial charge in [0.05, 0.1) is 10.9 Å². The minimum Gasteiger partial charge on any atom is -0.312 e. The molecule has 0 aliphatic rings. The van der Waals surface area contributed by atoms with Gasteiger partial charge in [-0.2, -0.15) is 0 Å². The van der Waals surface area contributed by atoms with Gasteiger partial charge in [-0.25, -0.2) is 4.79 Å². The maximum atomic E-state index is 12.2. The number of carbonyl (C=O) groups is 2. The van der Waals surface area contributed by atoms with Gasteiger partial charge in [0.25, 0.3) is 0 Å². The number of ketones is 1. The summed E-state index contributed by atoms with van der Waals surface area (Å²) in [6.07, 6.45) is 0. The normalized spacial score (nSPS) is 11.0. The van der Waals surface area contributed by atoms with Crippen LogP contribution in [0.3, 0.4) is 0 Å². The molecule has 0 spiro atoms. The third-order valence-corrected chi connectivity index (χ3v) is 3.20. The molecule has 2 rings (SSSR count). The van der Waals surface area contributed by atoms with Gasteiger partial charge in [0.2, 0.25) is 5.78 Å². The van der Waals surface area contributed by atoms with E-state index in [4.69, 9.17) is 4.84 Å². The van der Waals surface area contributed by atoms with Crippen LogP contribution < -0.4 is 0 Å². The summed E-state index contributed by atoms with van der Waals surface area (Å²) in [5.74, 6) is -0.886. The van der Waals surface area contributed by atoms with Crippen LogP contribution in [0.15, 0.2) is 65.8 Å². The molecule has 0 aliphatic carbocycles. The third kappa shape index (κ3) is 4.10. The number of carbonyl (C=O) groups excluding carboxylic acids is 2. The van der Waals surface area contributed by atoms with Crippen LogP contribution in [0.25, 0.3) is 0 Å². The summed E-state index contributed by atoms with van der Waals surface area (Å²) < 4.78 is 0. The molecule has 0 aliphatic heterocycles. The lowest BCUT2D eigenvalue weighted by Crippen LogP contribution is -2.17. The highest BCUT2D eigenvalue weighted by atomic mass is 79.9. The van der Waals surface area contributed by atoms with Crippen LogP contribution in [0.5, 0.6) is 0 Å². The number of hydrogen-bond acceptors (Lipinski definition) is 4. The van der Waals surface area contributed by atoms with Gasteiger partial charge in [0, 0.05) is 5.56 Å². The van der Waals surface area contributed by atoms with Crippen LogP contribution in [0.4, 0.5) is 0 Å². The number of benzene rings is 2. The minimum atomic E-state index is -0.602. The summed E-state index contributed by atoms with van der Waals surface area (Å²) in [6.45, 7) is 0. The Morgan fingerprint density at radius 3 is 1.95 bits per heavy atom. The Morgan fingerprint density at radius 2 is 1.43 bits per heavy atom. The van der Waals surface area contributed by atoms with Gasteiger partial charge in [0.1, 0.15) is 5.71 Å². The molecule has 0 radical (unpaired) electrons. The number of Topliss-reactive ketones (excluding diaryl/α,β-unsaturated/α-hetero) is 1. The van der Waals surface area contributed by atoms with E-state index in [1.807, 2.05) is 6.07 Å². The van der Waals surface area contributed by atoms with Crippen molar-refractivity contribution < 1.29 is 14.4 Å². The fourth-order valence-corrected chi connectivity index (χ4v) is 1.96. The van der Waals surface area contributed by atoms with Gasteiger partial charge < -0.3 is 4.84 Å². The average molecular weight is 346 g/mol. The van der Waals surface area contributed by atoms with E-state index >= 15 is 0 Å². The first-order valence-electron chi connectivity index (χ1n) is 6.21. The van der Waals surface area contributed by atoms with Crippen molar-refractivity contribution in [1.29, 1.82) is 0 Å². The fraction of sp³-hybridized carbons (Fsp3) is 0.0625. The van der Waals surface area contributed by atoms with E-state index in [-0.39, 0.29) is 16.8 Å². The first kappa shape index (κ1) is 15.1. The fourth-order valence-electron chi connectivity index (χ4n) is 1.61. The van der Waals surface area contributed by atoms with E-state index in [1.54, 1.807) is 54.6 Å². The molecular weight excluding hydrogens is 334 g/mol. The monoisotopic (exact) mass is 345 g/mol. The Kier molecular flexibility index (Phi) is 5.40. The second kappa shape index (κ2) is 7.50. The Balaban J connectivity index is 2.11. The largest absolute Gasteiger partial charge is 0.365 e. The van der Waals surface area contributed by atoms with Crippen molar-refractivity contribution in [2.24, 2.45) is 5.16 Å². The van der Waals surface area contributed by atoms with Gasteiger partial charge in [0.15, 0.2) is 0 Å². The van der Waals surface area contributed by atoms with Crippen molar-refractivity contribution in [3.63, 3.8) is 0 Å². The second-order valence-corrected chi connectivity index (χ2v) is 4.67. The van der Waals surface area contributed by atoms with Crippen LogP contribution in [0.1, 0.15) is 20.7 Å². The van der Waals surface area contributed by atoms with Crippen molar-refractivity contribution in [3.8, 4) is 0 Å². The summed E-state index contributed by atoms with van der Waals surface area (Å²) in [5, 5.41) is 3.86. The molecule has 21 heavy (non-hydrogen) atoms. The highest BCUT2D eigenvalue weighted by Gasteiger charge is 2.15. The molecule has 0 saturated heterocycles. The van der Waals surface area contributed by atoms with Gasteiger partial charge in [-0.1, -0.05) is 69.6 Å². The standard InChI is InChI=1S/C16H12BrNO3/c17-11-14(15(19)12-7-3-1-4-8-12)18-21-16(20)13-9-5-2-6-10-13/h1-10H,11H2. The molecule has 2 aromatic rings. The molecule has 0 bridgehead atoms. The van der Waals surface area contributed by atoms with Crippen molar-refractivity contribution in [3.05, 3.63) is 71.8 Å². The Hall–Kier alpha value is -2.27. The van der Waals surface area contributed by atoms with Gasteiger partial charge in [-0.15, -0.1) is 0 Å². The zero-order valence-corrected chi connectivity index (χ0v) is 12.6. The summed E-state index contributed by atoms with van der Waals surface area (Å²) in [6, 6.07) is 17.2. The Bertz CT molecular complexity index is 654. The Morgan fingerprint density at radius 1 is 0.905 bits per heavy atom. The number of rotatable bonds is 5. The van der Waals surface area contributed by atoms with E-state index < -0.39 is 5.97 Å². The molecule has 5 heteroatoms. The minimum absolute atomic E-state index is 0.130. The molecule has 106 valence electrons. The maximum Gasteiger partial charge on any atom is 0.365 e. The van der Waals surface area contributed by atoms with Crippen LogP contribution >= 0.6 is 15.9 Å². The summed E-state index contributed by atoms with van der Waals surface area (Å²) >= 11 is 3.18. The second-order valence-electron chi connectivity index (χ2n) is 4.11. The molecule has 4 nitrogen and oxygen atoms in total. The quantitative estimate of drug-likeness (QED) is 0.274. The average Bonchev–Trinajstić information content (AvgIpc) is 2.56. The first-order chi connectivity index (χ1) is 10.2. The van der Waals surface area contributed by atoms with Crippen molar-refractivity contribution >= 4 is 33.4 Å². The molecular formula is C16H12BrNO3. The number of halogens is 1. The SMILES string of the molecule is O=C(ON=C(CBr)C(=O)c1ccccc1)c1ccccc1. The smallest absolute Gasteiger partial charge is 0.312 e. The highest BCUT2D eigenvalue weighted by Crippen LogP contribution is 2.06. The van der Waals surface area contributed by atoms with E-state index in [2.05, 4.69) is 21.1 Å². The van der Waals surface area contributed by atoms with E-state index in [9.17, 15) is 9.59 Å². The molecule has 0 amide bonds. The van der Waals surface area contributed by atoms with Crippen molar-refractivity contribution in [2.45, 2.75) is 0 Å². The molecule has 0 saturated carbocycles.